The number of carbonyl (C=O) groups is 1. The van der Waals surface area contributed by atoms with Crippen molar-refractivity contribution >= 4 is 5.91 Å². The van der Waals surface area contributed by atoms with Crippen LogP contribution in [0.1, 0.15) is 30.0 Å². The van der Waals surface area contributed by atoms with Crippen LogP contribution in [0, 0.1) is 13.8 Å². The van der Waals surface area contributed by atoms with E-state index in [1.54, 1.807) is 0 Å². The number of nitrogens with one attached hydrogen (secondary N) is 1. The minimum Gasteiger partial charge on any atom is -0.481 e. The van der Waals surface area contributed by atoms with Crippen molar-refractivity contribution in [2.45, 2.75) is 39.8 Å². The number of carbonyl (C=O) groups excluding carboxylic acids is 1. The number of ether oxygens (including phenoxy) is 1. The van der Waals surface area contributed by atoms with Gasteiger partial charge >= 0.3 is 0 Å². The quantitative estimate of drug-likeness (QED) is 0.881. The second-order valence-electron chi connectivity index (χ2n) is 5.53. The van der Waals surface area contributed by atoms with Crippen molar-refractivity contribution in [1.82, 2.24) is 5.32 Å². The molecule has 0 spiro atoms. The molecule has 22 heavy (non-hydrogen) atoms. The van der Waals surface area contributed by atoms with Crippen molar-refractivity contribution in [2.24, 2.45) is 0 Å². The summed E-state index contributed by atoms with van der Waals surface area (Å²) in [4.78, 5) is 12.2. The molecule has 0 fully saturated rings. The van der Waals surface area contributed by atoms with E-state index in [9.17, 15) is 4.79 Å². The number of rotatable bonds is 6. The van der Waals surface area contributed by atoms with Crippen LogP contribution in [0.2, 0.25) is 0 Å². The molecule has 0 bridgehead atoms. The highest BCUT2D eigenvalue weighted by molar-refractivity contribution is 5.81. The van der Waals surface area contributed by atoms with E-state index in [4.69, 9.17) is 4.74 Å². The molecule has 0 saturated heterocycles. The average Bonchev–Trinajstić information content (AvgIpc) is 2.53. The van der Waals surface area contributed by atoms with E-state index in [2.05, 4.69) is 5.32 Å². The van der Waals surface area contributed by atoms with Gasteiger partial charge in [0.05, 0.1) is 0 Å². The standard InChI is InChI=1S/C19H23NO2/c1-4-18(22-17-11-7-15(3)8-12-17)19(21)20-13-16-9-5-14(2)6-10-16/h5-12,18H,4,13H2,1-3H3,(H,20,21). The van der Waals surface area contributed by atoms with Crippen LogP contribution in [-0.4, -0.2) is 12.0 Å². The summed E-state index contributed by atoms with van der Waals surface area (Å²) in [5, 5.41) is 2.94. The van der Waals surface area contributed by atoms with Crippen LogP contribution >= 0.6 is 0 Å². The lowest BCUT2D eigenvalue weighted by atomic mass is 10.1. The van der Waals surface area contributed by atoms with Gasteiger partial charge in [-0.15, -0.1) is 0 Å². The predicted octanol–water partition coefficient (Wildman–Crippen LogP) is 3.78. The Morgan fingerprint density at radius 1 is 1.00 bits per heavy atom. The predicted molar refractivity (Wildman–Crippen MR) is 88.9 cm³/mol. The molecule has 0 aliphatic carbocycles. The first-order valence-corrected chi connectivity index (χ1v) is 7.65. The molecular weight excluding hydrogens is 274 g/mol. The zero-order valence-corrected chi connectivity index (χ0v) is 13.4. The van der Waals surface area contributed by atoms with Gasteiger partial charge in [0.2, 0.25) is 0 Å². The third-order valence-electron chi connectivity index (χ3n) is 3.55. The molecule has 1 N–H and O–H groups in total. The Labute approximate surface area is 132 Å². The number of aryl methyl sites for hydroxylation is 2. The Morgan fingerprint density at radius 3 is 2.09 bits per heavy atom. The molecule has 0 aliphatic heterocycles. The van der Waals surface area contributed by atoms with Gasteiger partial charge in [-0.1, -0.05) is 54.4 Å². The zero-order chi connectivity index (χ0) is 15.9. The van der Waals surface area contributed by atoms with Gasteiger partial charge in [0.15, 0.2) is 6.10 Å². The summed E-state index contributed by atoms with van der Waals surface area (Å²) in [6.07, 6.45) is 0.168. The molecule has 1 unspecified atom stereocenters. The Hall–Kier alpha value is -2.29. The number of hydrogen-bond acceptors (Lipinski definition) is 2. The molecule has 116 valence electrons. The van der Waals surface area contributed by atoms with Gasteiger partial charge in [0.25, 0.3) is 5.91 Å². The highest BCUT2D eigenvalue weighted by Crippen LogP contribution is 2.14. The molecular formula is C19H23NO2. The highest BCUT2D eigenvalue weighted by atomic mass is 16.5. The smallest absolute Gasteiger partial charge is 0.261 e. The van der Waals surface area contributed by atoms with Crippen LogP contribution < -0.4 is 10.1 Å². The molecule has 1 atom stereocenters. The lowest BCUT2D eigenvalue weighted by Gasteiger charge is -2.17. The summed E-state index contributed by atoms with van der Waals surface area (Å²) in [5.41, 5.74) is 3.47. The van der Waals surface area contributed by atoms with E-state index >= 15 is 0 Å². The van der Waals surface area contributed by atoms with Gasteiger partial charge in [0.1, 0.15) is 5.75 Å². The molecule has 2 aromatic carbocycles. The van der Waals surface area contributed by atoms with Crippen molar-refractivity contribution < 1.29 is 9.53 Å². The largest absolute Gasteiger partial charge is 0.481 e. The fourth-order valence-corrected chi connectivity index (χ4v) is 2.11. The molecule has 3 heteroatoms. The van der Waals surface area contributed by atoms with Crippen LogP contribution in [0.15, 0.2) is 48.5 Å². The van der Waals surface area contributed by atoms with Gasteiger partial charge in [0, 0.05) is 6.54 Å². The molecule has 3 nitrogen and oxygen atoms in total. The summed E-state index contributed by atoms with van der Waals surface area (Å²) in [5.74, 6) is 0.645. The molecule has 2 aromatic rings. The first-order chi connectivity index (χ1) is 10.6. The van der Waals surface area contributed by atoms with Gasteiger partial charge in [-0.05, 0) is 38.0 Å². The fourth-order valence-electron chi connectivity index (χ4n) is 2.11. The van der Waals surface area contributed by atoms with E-state index in [-0.39, 0.29) is 5.91 Å². The molecule has 0 heterocycles. The van der Waals surface area contributed by atoms with Gasteiger partial charge in [-0.3, -0.25) is 4.79 Å². The molecule has 2 rings (SSSR count). The van der Waals surface area contributed by atoms with E-state index in [0.717, 1.165) is 11.3 Å². The van der Waals surface area contributed by atoms with Crippen LogP contribution in [-0.2, 0) is 11.3 Å². The number of amides is 1. The Bertz CT molecular complexity index is 602. The van der Waals surface area contributed by atoms with Gasteiger partial charge in [-0.25, -0.2) is 0 Å². The van der Waals surface area contributed by atoms with Crippen molar-refractivity contribution in [3.05, 3.63) is 65.2 Å². The van der Waals surface area contributed by atoms with E-state index in [0.29, 0.717) is 13.0 Å². The van der Waals surface area contributed by atoms with E-state index in [1.165, 1.54) is 11.1 Å². The van der Waals surface area contributed by atoms with Crippen LogP contribution in [0.4, 0.5) is 0 Å². The lowest BCUT2D eigenvalue weighted by Crippen LogP contribution is -2.37. The Balaban J connectivity index is 1.91. The van der Waals surface area contributed by atoms with E-state index < -0.39 is 6.10 Å². The van der Waals surface area contributed by atoms with Crippen molar-refractivity contribution in [3.8, 4) is 5.75 Å². The normalized spacial score (nSPS) is 11.8. The Morgan fingerprint density at radius 2 is 1.55 bits per heavy atom. The SMILES string of the molecule is CCC(Oc1ccc(C)cc1)C(=O)NCc1ccc(C)cc1. The Kier molecular flexibility index (Phi) is 5.59. The fraction of sp³-hybridized carbons (Fsp3) is 0.316. The van der Waals surface area contributed by atoms with Crippen LogP contribution in [0.5, 0.6) is 5.75 Å². The first kappa shape index (κ1) is 16.1. The molecule has 0 aliphatic rings. The molecule has 1 amide bonds. The summed E-state index contributed by atoms with van der Waals surface area (Å²) in [6, 6.07) is 15.9. The van der Waals surface area contributed by atoms with Crippen molar-refractivity contribution in [3.63, 3.8) is 0 Å². The topological polar surface area (TPSA) is 38.3 Å². The maximum atomic E-state index is 12.2. The molecule has 0 radical (unpaired) electrons. The first-order valence-electron chi connectivity index (χ1n) is 7.65. The van der Waals surface area contributed by atoms with Crippen molar-refractivity contribution in [2.75, 3.05) is 0 Å². The lowest BCUT2D eigenvalue weighted by molar-refractivity contribution is -0.128. The molecule has 0 aromatic heterocycles. The third-order valence-corrected chi connectivity index (χ3v) is 3.55. The third kappa shape index (κ3) is 4.62. The van der Waals surface area contributed by atoms with Crippen LogP contribution in [0.3, 0.4) is 0 Å². The summed E-state index contributed by atoms with van der Waals surface area (Å²) in [7, 11) is 0. The van der Waals surface area contributed by atoms with Gasteiger partial charge < -0.3 is 10.1 Å². The van der Waals surface area contributed by atoms with E-state index in [1.807, 2.05) is 69.3 Å². The maximum absolute atomic E-state index is 12.2. The summed E-state index contributed by atoms with van der Waals surface area (Å²) >= 11 is 0. The number of hydrogen-bond donors (Lipinski definition) is 1. The highest BCUT2D eigenvalue weighted by Gasteiger charge is 2.17. The maximum Gasteiger partial charge on any atom is 0.261 e. The second kappa shape index (κ2) is 7.64. The monoisotopic (exact) mass is 297 g/mol. The minimum atomic E-state index is -0.465. The summed E-state index contributed by atoms with van der Waals surface area (Å²) in [6.45, 7) is 6.54. The molecule has 0 saturated carbocycles. The second-order valence-corrected chi connectivity index (χ2v) is 5.53. The van der Waals surface area contributed by atoms with Crippen molar-refractivity contribution in [1.29, 1.82) is 0 Å². The summed E-state index contributed by atoms with van der Waals surface area (Å²) < 4.78 is 5.78. The minimum absolute atomic E-state index is 0.0800. The van der Waals surface area contributed by atoms with Gasteiger partial charge in [-0.2, -0.15) is 0 Å². The number of benzene rings is 2. The zero-order valence-electron chi connectivity index (χ0n) is 13.4. The van der Waals surface area contributed by atoms with Crippen LogP contribution in [0.25, 0.3) is 0 Å². The average molecular weight is 297 g/mol.